The van der Waals surface area contributed by atoms with Gasteiger partial charge < -0.3 is 19.1 Å². The molecule has 3 aliphatic rings. The molecule has 2 aliphatic heterocycles. The molecule has 0 spiro atoms. The fourth-order valence-electron chi connectivity index (χ4n) is 8.93. The van der Waals surface area contributed by atoms with Gasteiger partial charge in [0.1, 0.15) is 6.61 Å². The number of hydrogen-bond acceptors (Lipinski definition) is 13. The van der Waals surface area contributed by atoms with Crippen LogP contribution in [0.25, 0.3) is 0 Å². The number of carbonyl (C=O) groups excluding carboxylic acids is 3. The molecule has 17 nitrogen and oxygen atoms in total. The van der Waals surface area contributed by atoms with Crippen molar-refractivity contribution >= 4 is 65.0 Å². The van der Waals surface area contributed by atoms with E-state index >= 15 is 0 Å². The van der Waals surface area contributed by atoms with E-state index in [9.17, 15) is 53.3 Å². The van der Waals surface area contributed by atoms with Crippen molar-refractivity contribution in [2.24, 2.45) is 0 Å². The van der Waals surface area contributed by atoms with Gasteiger partial charge in [-0.05, 0) is 87.9 Å². The van der Waals surface area contributed by atoms with E-state index in [1.807, 2.05) is 36.7 Å². The van der Waals surface area contributed by atoms with E-state index in [1.165, 1.54) is 24.3 Å². The monoisotopic (exact) mass is 963 g/mol. The Morgan fingerprint density at radius 2 is 1.38 bits per heavy atom. The molecule has 2 aromatic carbocycles. The van der Waals surface area contributed by atoms with Gasteiger partial charge in [0, 0.05) is 81.1 Å². The van der Waals surface area contributed by atoms with Crippen LogP contribution in [-0.2, 0) is 69.8 Å². The van der Waals surface area contributed by atoms with Crippen molar-refractivity contribution in [3.05, 3.63) is 83.6 Å². The van der Waals surface area contributed by atoms with Gasteiger partial charge in [-0.3, -0.25) is 28.0 Å². The van der Waals surface area contributed by atoms with Crippen molar-refractivity contribution in [3.63, 3.8) is 0 Å². The summed E-state index contributed by atoms with van der Waals surface area (Å²) in [6, 6.07) is 8.79. The van der Waals surface area contributed by atoms with Crippen LogP contribution in [0, 0.1) is 0 Å². The number of ketones is 2. The second kappa shape index (κ2) is 21.5. The lowest BCUT2D eigenvalue weighted by atomic mass is 9.76. The number of ether oxygens (including phenoxy) is 3. The first-order valence-corrected chi connectivity index (χ1v) is 25.9. The highest BCUT2D eigenvalue weighted by molar-refractivity contribution is 7.86. The summed E-state index contributed by atoms with van der Waals surface area (Å²) < 4.78 is 120. The quantitative estimate of drug-likeness (QED) is 0.0279. The molecule has 0 amide bonds. The standard InChI is InChI=1S/C45H58N2O15S3/c1-44(23-13-29-63(51,52)53)34-30-32(64(54,55)56)18-20-37(34)47(26-28-61-4)40(44)14-9-8-10-15-41-45(2,24-27-60-3)35-31-33(65(57,58)59)17-19-36(35)46(41)25-12-7-5-6-11-16-42(50)62-43-38(48)21-22-39(43)49/h8-10,14-15,17-20,30-31,43H,5-7,11-13,16,21-29H2,1-4H3,(H2-,51,52,53,54,55,56,57,58,59)/p+1. The second-order valence-electron chi connectivity index (χ2n) is 16.9. The summed E-state index contributed by atoms with van der Waals surface area (Å²) in [5.41, 5.74) is 2.44. The van der Waals surface area contributed by atoms with Crippen LogP contribution in [-0.4, -0.2) is 119 Å². The Bertz CT molecular complexity index is 2590. The number of esters is 1. The van der Waals surface area contributed by atoms with Crippen molar-refractivity contribution in [2.75, 3.05) is 51.2 Å². The van der Waals surface area contributed by atoms with Crippen LogP contribution in [0.2, 0.25) is 0 Å². The fraction of sp³-hybridized carbons (Fsp3) is 0.511. The van der Waals surface area contributed by atoms with Crippen molar-refractivity contribution < 1.29 is 72.1 Å². The topological polar surface area (TPSA) is 248 Å². The zero-order valence-electron chi connectivity index (χ0n) is 37.1. The van der Waals surface area contributed by atoms with Crippen molar-refractivity contribution in [2.45, 2.75) is 111 Å². The van der Waals surface area contributed by atoms with E-state index in [1.54, 1.807) is 38.5 Å². The van der Waals surface area contributed by atoms with Crippen molar-refractivity contribution in [1.82, 2.24) is 0 Å². The van der Waals surface area contributed by atoms with Crippen LogP contribution < -0.4 is 4.90 Å². The number of unbranched alkanes of at least 4 members (excludes halogenated alkanes) is 4. The third kappa shape index (κ3) is 12.5. The second-order valence-corrected chi connectivity index (χ2v) is 21.3. The number of rotatable bonds is 24. The Hall–Kier alpha value is -4.41. The molecule has 0 aromatic heterocycles. The summed E-state index contributed by atoms with van der Waals surface area (Å²) in [6.07, 6.45) is 12.4. The maximum atomic E-state index is 12.3. The van der Waals surface area contributed by atoms with Gasteiger partial charge in [-0.2, -0.15) is 29.8 Å². The number of Topliss-reactive ketones (excluding diaryl/α,β-unsaturated/α-hetero) is 2. The third-order valence-corrected chi connectivity index (χ3v) is 14.9. The highest BCUT2D eigenvalue weighted by Gasteiger charge is 2.48. The van der Waals surface area contributed by atoms with Gasteiger partial charge in [-0.25, -0.2) is 0 Å². The van der Waals surface area contributed by atoms with Crippen LogP contribution in [0.1, 0.15) is 95.6 Å². The molecule has 20 heteroatoms. The van der Waals surface area contributed by atoms with E-state index in [0.29, 0.717) is 61.5 Å². The van der Waals surface area contributed by atoms with Crippen LogP contribution >= 0.6 is 0 Å². The van der Waals surface area contributed by atoms with E-state index in [-0.39, 0.29) is 60.1 Å². The molecule has 0 bridgehead atoms. The number of benzene rings is 2. The predicted octanol–water partition coefficient (Wildman–Crippen LogP) is 5.85. The molecule has 356 valence electrons. The summed E-state index contributed by atoms with van der Waals surface area (Å²) in [5, 5.41) is 0. The third-order valence-electron chi connectivity index (χ3n) is 12.4. The minimum atomic E-state index is -4.58. The van der Waals surface area contributed by atoms with Crippen molar-refractivity contribution in [1.29, 1.82) is 0 Å². The maximum absolute atomic E-state index is 12.3. The van der Waals surface area contributed by atoms with E-state index in [2.05, 4.69) is 4.90 Å². The van der Waals surface area contributed by atoms with Gasteiger partial charge in [0.15, 0.2) is 23.8 Å². The van der Waals surface area contributed by atoms with Crippen LogP contribution in [0.3, 0.4) is 0 Å². The molecule has 3 N–H and O–H groups in total. The number of methoxy groups -OCH3 is 2. The molecular formula is C45H59N2O15S3+. The Morgan fingerprint density at radius 3 is 2.02 bits per heavy atom. The molecule has 2 heterocycles. The zero-order valence-corrected chi connectivity index (χ0v) is 39.6. The van der Waals surface area contributed by atoms with Crippen LogP contribution in [0.15, 0.2) is 82.3 Å². The summed E-state index contributed by atoms with van der Waals surface area (Å²) in [4.78, 5) is 37.5. The number of carbonyl (C=O) groups is 3. The average Bonchev–Trinajstić information content (AvgIpc) is 3.76. The fourth-order valence-corrected chi connectivity index (χ4v) is 10.4. The van der Waals surface area contributed by atoms with Gasteiger partial charge in [-0.15, -0.1) is 0 Å². The number of hydrogen-bond donors (Lipinski definition) is 3. The Balaban J connectivity index is 1.42. The first-order valence-electron chi connectivity index (χ1n) is 21.4. The Labute approximate surface area is 381 Å². The number of fused-ring (bicyclic) bond motifs is 2. The van der Waals surface area contributed by atoms with E-state index in [4.69, 9.17) is 14.2 Å². The summed E-state index contributed by atoms with van der Waals surface area (Å²) in [6.45, 7) is 5.34. The molecule has 5 rings (SSSR count). The normalized spacial score (nSPS) is 21.2. The number of nitrogens with zero attached hydrogens (tertiary/aromatic N) is 2. The average molecular weight is 964 g/mol. The molecule has 2 aromatic rings. The van der Waals surface area contributed by atoms with Crippen LogP contribution in [0.4, 0.5) is 11.4 Å². The molecule has 2 unspecified atom stereocenters. The SMILES string of the molecule is COCC[N+]1=C(/C=C/C=C/C=C2/N(CCCCCCCC(=O)OC3C(=O)CCC3=O)c3ccc(S(=O)(=O)O)cc3C2(C)CCOC)C(C)(CCCS(=O)(=O)O)c2cc(S(=O)(=O)O)ccc21. The summed E-state index contributed by atoms with van der Waals surface area (Å²) in [5.74, 6) is -1.82. The largest absolute Gasteiger partial charge is 0.446 e. The lowest BCUT2D eigenvalue weighted by Gasteiger charge is -2.30. The molecular weight excluding hydrogens is 905 g/mol. The minimum Gasteiger partial charge on any atom is -0.446 e. The molecule has 0 saturated heterocycles. The highest BCUT2D eigenvalue weighted by atomic mass is 32.2. The molecule has 65 heavy (non-hydrogen) atoms. The first-order chi connectivity index (χ1) is 30.5. The van der Waals surface area contributed by atoms with Gasteiger partial charge >= 0.3 is 5.97 Å². The molecule has 0 radical (unpaired) electrons. The smallest absolute Gasteiger partial charge is 0.306 e. The predicted molar refractivity (Wildman–Crippen MR) is 242 cm³/mol. The van der Waals surface area contributed by atoms with E-state index in [0.717, 1.165) is 30.6 Å². The maximum Gasteiger partial charge on any atom is 0.306 e. The minimum absolute atomic E-state index is 0.0411. The lowest BCUT2D eigenvalue weighted by molar-refractivity contribution is -0.441. The van der Waals surface area contributed by atoms with Gasteiger partial charge in [-0.1, -0.05) is 37.5 Å². The Morgan fingerprint density at radius 1 is 0.769 bits per heavy atom. The summed E-state index contributed by atoms with van der Waals surface area (Å²) >= 11 is 0. The molecule has 1 saturated carbocycles. The lowest BCUT2D eigenvalue weighted by Crippen LogP contribution is -2.32. The molecule has 1 aliphatic carbocycles. The zero-order chi connectivity index (χ0) is 47.8. The highest BCUT2D eigenvalue weighted by Crippen LogP contribution is 2.51. The summed E-state index contributed by atoms with van der Waals surface area (Å²) in [7, 11) is -10.3. The Kier molecular flexibility index (Phi) is 17.0. The van der Waals surface area contributed by atoms with E-state index < -0.39 is 59.0 Å². The van der Waals surface area contributed by atoms with Gasteiger partial charge in [0.05, 0.1) is 21.0 Å². The van der Waals surface area contributed by atoms with Gasteiger partial charge in [0.2, 0.25) is 11.8 Å². The van der Waals surface area contributed by atoms with Crippen molar-refractivity contribution in [3.8, 4) is 0 Å². The number of allylic oxidation sites excluding steroid dienone is 6. The molecule has 1 fully saturated rings. The molecule has 2 atom stereocenters. The first kappa shape index (κ1) is 51.6. The number of anilines is 1. The van der Waals surface area contributed by atoms with Gasteiger partial charge in [0.25, 0.3) is 30.4 Å². The van der Waals surface area contributed by atoms with Crippen LogP contribution in [0.5, 0.6) is 0 Å².